The molecule has 0 spiro atoms. The number of para-hydroxylation sites is 1. The van der Waals surface area contributed by atoms with Crippen LogP contribution in [0.1, 0.15) is 79.0 Å². The van der Waals surface area contributed by atoms with Crippen molar-refractivity contribution in [1.29, 1.82) is 0 Å². The van der Waals surface area contributed by atoms with Crippen LogP contribution in [0.3, 0.4) is 0 Å². The lowest BCUT2D eigenvalue weighted by Gasteiger charge is -2.27. The van der Waals surface area contributed by atoms with Crippen molar-refractivity contribution in [3.8, 4) is 33.4 Å². The molecule has 10 aromatic rings. The third-order valence-corrected chi connectivity index (χ3v) is 15.1. The van der Waals surface area contributed by atoms with E-state index in [2.05, 4.69) is 251 Å². The summed E-state index contributed by atoms with van der Waals surface area (Å²) in [6.07, 6.45) is 2.03. The normalized spacial score (nSPS) is 14.4. The van der Waals surface area contributed by atoms with Gasteiger partial charge in [-0.1, -0.05) is 210 Å². The molecule has 1 heteroatoms. The first-order valence-corrected chi connectivity index (χ1v) is 23.7. The second-order valence-electron chi connectivity index (χ2n) is 19.6. The van der Waals surface area contributed by atoms with Crippen LogP contribution in [0, 0.1) is 0 Å². The molecule has 0 amide bonds. The number of rotatable bonds is 9. The molecule has 1 unspecified atom stereocenters. The van der Waals surface area contributed by atoms with Crippen molar-refractivity contribution in [3.05, 3.63) is 257 Å². The standard InChI is InChI=1S/C65H53N/c1-64(2)60-21-13-11-19-56(60)58-38-31-48-41-47(30-37-54(48)62(58)64)53(46-15-7-5-8-16-46)36-25-43-23-26-44(27-24-43)45-28-33-51(34-29-45)66(50-17-9-6-10-18-50)52-35-40-55-49(42-52)32-39-59-57-20-12-14-22-61(57)65(3,4)63(55)59/h5-24,26-35,37-42,53H,25,36H2,1-4H3. The van der Waals surface area contributed by atoms with Gasteiger partial charge in [0, 0.05) is 33.8 Å². The van der Waals surface area contributed by atoms with Gasteiger partial charge < -0.3 is 4.90 Å². The molecular weight excluding hydrogens is 795 g/mol. The quantitative estimate of drug-likeness (QED) is 0.140. The SMILES string of the molecule is CC1(C)c2ccccc2-c2ccc3cc(C(CCc4ccc(-c5ccc(N(c6ccccc6)c6ccc7c8c(ccc7c6)-c6ccccc6C8(C)C)cc5)cc4)c4ccccc4)ccc3c21. The van der Waals surface area contributed by atoms with Crippen LogP contribution in [-0.2, 0) is 17.3 Å². The highest BCUT2D eigenvalue weighted by atomic mass is 15.1. The summed E-state index contributed by atoms with van der Waals surface area (Å²) < 4.78 is 0. The van der Waals surface area contributed by atoms with E-state index >= 15 is 0 Å². The van der Waals surface area contributed by atoms with Gasteiger partial charge >= 0.3 is 0 Å². The summed E-state index contributed by atoms with van der Waals surface area (Å²) in [6.45, 7) is 9.51. The zero-order valence-electron chi connectivity index (χ0n) is 38.2. The first-order chi connectivity index (χ1) is 32.2. The predicted octanol–water partition coefficient (Wildman–Crippen LogP) is 17.5. The Morgan fingerprint density at radius 1 is 0.379 bits per heavy atom. The van der Waals surface area contributed by atoms with E-state index in [0.29, 0.717) is 5.92 Å². The smallest absolute Gasteiger partial charge is 0.0468 e. The van der Waals surface area contributed by atoms with Gasteiger partial charge in [-0.05, 0) is 143 Å². The van der Waals surface area contributed by atoms with E-state index < -0.39 is 0 Å². The summed E-state index contributed by atoms with van der Waals surface area (Å²) in [6, 6.07) is 81.6. The van der Waals surface area contributed by atoms with Crippen molar-refractivity contribution in [2.24, 2.45) is 0 Å². The van der Waals surface area contributed by atoms with Gasteiger partial charge in [-0.3, -0.25) is 0 Å². The first kappa shape index (κ1) is 40.1. The minimum Gasteiger partial charge on any atom is -0.310 e. The van der Waals surface area contributed by atoms with Crippen molar-refractivity contribution in [2.45, 2.75) is 57.3 Å². The van der Waals surface area contributed by atoms with Gasteiger partial charge in [0.1, 0.15) is 0 Å². The third-order valence-electron chi connectivity index (χ3n) is 15.1. The molecule has 0 saturated heterocycles. The Morgan fingerprint density at radius 3 is 1.47 bits per heavy atom. The second kappa shape index (κ2) is 15.6. The van der Waals surface area contributed by atoms with Crippen molar-refractivity contribution in [1.82, 2.24) is 0 Å². The minimum atomic E-state index is -0.0598. The molecule has 0 N–H and O–H groups in total. The molecule has 12 rings (SSSR count). The van der Waals surface area contributed by atoms with Crippen molar-refractivity contribution in [2.75, 3.05) is 4.90 Å². The summed E-state index contributed by atoms with van der Waals surface area (Å²) >= 11 is 0. The van der Waals surface area contributed by atoms with Crippen LogP contribution >= 0.6 is 0 Å². The molecule has 66 heavy (non-hydrogen) atoms. The number of aryl methyl sites for hydroxylation is 1. The van der Waals surface area contributed by atoms with Crippen LogP contribution in [0.15, 0.2) is 218 Å². The largest absolute Gasteiger partial charge is 0.310 e. The molecule has 0 aromatic heterocycles. The number of hydrogen-bond donors (Lipinski definition) is 0. The van der Waals surface area contributed by atoms with E-state index in [-0.39, 0.29) is 10.8 Å². The number of nitrogens with zero attached hydrogens (tertiary/aromatic N) is 1. The van der Waals surface area contributed by atoms with E-state index in [1.807, 2.05) is 0 Å². The van der Waals surface area contributed by atoms with Crippen LogP contribution in [-0.4, -0.2) is 0 Å². The molecule has 0 bridgehead atoms. The Morgan fingerprint density at radius 2 is 0.864 bits per heavy atom. The lowest BCUT2D eigenvalue weighted by molar-refractivity contribution is 0.666. The van der Waals surface area contributed by atoms with E-state index in [0.717, 1.165) is 29.9 Å². The fourth-order valence-electron chi connectivity index (χ4n) is 11.8. The molecule has 10 aromatic carbocycles. The van der Waals surface area contributed by atoms with Crippen molar-refractivity contribution >= 4 is 38.6 Å². The second-order valence-corrected chi connectivity index (χ2v) is 19.6. The topological polar surface area (TPSA) is 3.24 Å². The third kappa shape index (κ3) is 6.52. The van der Waals surface area contributed by atoms with Gasteiger partial charge in [0.05, 0.1) is 0 Å². The predicted molar refractivity (Wildman–Crippen MR) is 280 cm³/mol. The molecule has 0 radical (unpaired) electrons. The Balaban J connectivity index is 0.804. The number of anilines is 3. The zero-order valence-corrected chi connectivity index (χ0v) is 38.2. The van der Waals surface area contributed by atoms with Gasteiger partial charge in [-0.15, -0.1) is 0 Å². The lowest BCUT2D eigenvalue weighted by atomic mass is 9.79. The molecule has 0 fully saturated rings. The first-order valence-electron chi connectivity index (χ1n) is 23.7. The van der Waals surface area contributed by atoms with Gasteiger partial charge in [0.25, 0.3) is 0 Å². The summed E-state index contributed by atoms with van der Waals surface area (Å²) in [5, 5.41) is 5.28. The molecule has 0 saturated carbocycles. The highest BCUT2D eigenvalue weighted by molar-refractivity contribution is 6.00. The summed E-state index contributed by atoms with van der Waals surface area (Å²) in [7, 11) is 0. The van der Waals surface area contributed by atoms with Crippen molar-refractivity contribution < 1.29 is 0 Å². The van der Waals surface area contributed by atoms with E-state index in [1.54, 1.807) is 0 Å². The molecule has 1 atom stereocenters. The molecule has 1 nitrogen and oxygen atoms in total. The maximum Gasteiger partial charge on any atom is 0.0468 e. The van der Waals surface area contributed by atoms with E-state index in [4.69, 9.17) is 0 Å². The van der Waals surface area contributed by atoms with E-state index in [1.165, 1.54) is 93.9 Å². The molecular formula is C65H53N. The van der Waals surface area contributed by atoms with Crippen molar-refractivity contribution in [3.63, 3.8) is 0 Å². The fraction of sp³-hybridized carbons (Fsp3) is 0.138. The average Bonchev–Trinajstić information content (AvgIpc) is 3.75. The maximum absolute atomic E-state index is 2.46. The van der Waals surface area contributed by atoms with E-state index in [9.17, 15) is 0 Å². The maximum atomic E-state index is 2.46. The zero-order chi connectivity index (χ0) is 44.6. The average molecular weight is 848 g/mol. The van der Waals surface area contributed by atoms with Crippen LogP contribution in [0.2, 0.25) is 0 Å². The van der Waals surface area contributed by atoms with Gasteiger partial charge in [0.2, 0.25) is 0 Å². The Kier molecular flexibility index (Phi) is 9.47. The fourth-order valence-corrected chi connectivity index (χ4v) is 11.8. The highest BCUT2D eigenvalue weighted by Crippen LogP contribution is 2.53. The van der Waals surface area contributed by atoms with Crippen LogP contribution < -0.4 is 4.90 Å². The highest BCUT2D eigenvalue weighted by Gasteiger charge is 2.38. The Bertz CT molecular complexity index is 3450. The number of benzene rings is 10. The van der Waals surface area contributed by atoms with Gasteiger partial charge in [0.15, 0.2) is 0 Å². The summed E-state index contributed by atoms with van der Waals surface area (Å²) in [4.78, 5) is 2.38. The minimum absolute atomic E-state index is 0.0342. The van der Waals surface area contributed by atoms with Gasteiger partial charge in [-0.2, -0.15) is 0 Å². The molecule has 0 heterocycles. The summed E-state index contributed by atoms with van der Waals surface area (Å²) in [5.41, 5.74) is 21.1. The Labute approximate surface area is 389 Å². The van der Waals surface area contributed by atoms with Gasteiger partial charge in [-0.25, -0.2) is 0 Å². The molecule has 318 valence electrons. The molecule has 2 aliphatic rings. The monoisotopic (exact) mass is 847 g/mol. The van der Waals surface area contributed by atoms with Crippen LogP contribution in [0.5, 0.6) is 0 Å². The summed E-state index contributed by atoms with van der Waals surface area (Å²) in [5.74, 6) is 0.293. The van der Waals surface area contributed by atoms with Crippen LogP contribution in [0.25, 0.3) is 54.9 Å². The molecule has 2 aliphatic carbocycles. The number of fused-ring (bicyclic) bond motifs is 10. The van der Waals surface area contributed by atoms with Crippen LogP contribution in [0.4, 0.5) is 17.1 Å². The molecule has 0 aliphatic heterocycles. The Hall–Kier alpha value is -7.48. The number of hydrogen-bond acceptors (Lipinski definition) is 1. The lowest BCUT2D eigenvalue weighted by Crippen LogP contribution is -2.15.